The number of ether oxygens (including phenoxy) is 2. The molecule has 1 unspecified atom stereocenters. The van der Waals surface area contributed by atoms with Crippen LogP contribution >= 0.6 is 0 Å². The summed E-state index contributed by atoms with van der Waals surface area (Å²) in [7, 11) is 1.52. The van der Waals surface area contributed by atoms with Gasteiger partial charge in [-0.3, -0.25) is 4.79 Å². The van der Waals surface area contributed by atoms with Crippen LogP contribution in [0.1, 0.15) is 18.5 Å². The number of carbonyl (C=O) groups is 1. The molecule has 1 aromatic heterocycles. The molecule has 0 aliphatic rings. The summed E-state index contributed by atoms with van der Waals surface area (Å²) in [5.74, 6) is -0.922. The first kappa shape index (κ1) is 11.4. The van der Waals surface area contributed by atoms with Crippen LogP contribution in [0.2, 0.25) is 0 Å². The van der Waals surface area contributed by atoms with Gasteiger partial charge in [-0.25, -0.2) is 4.63 Å². The second-order valence-corrected chi connectivity index (χ2v) is 2.92. The van der Waals surface area contributed by atoms with Gasteiger partial charge in [-0.05, 0) is 12.1 Å². The Morgan fingerprint density at radius 1 is 1.53 bits per heavy atom. The van der Waals surface area contributed by atoms with Gasteiger partial charge in [-0.1, -0.05) is 5.16 Å². The molecule has 7 nitrogen and oxygen atoms in total. The van der Waals surface area contributed by atoms with E-state index in [1.807, 2.05) is 0 Å². The Labute approximate surface area is 86.5 Å². The lowest BCUT2D eigenvalue weighted by Gasteiger charge is -2.08. The average Bonchev–Trinajstić information content (AvgIpc) is 2.63. The quantitative estimate of drug-likeness (QED) is 0.542. The fourth-order valence-electron chi connectivity index (χ4n) is 0.965. The molecule has 15 heavy (non-hydrogen) atoms. The van der Waals surface area contributed by atoms with E-state index in [-0.39, 0.29) is 18.1 Å². The third kappa shape index (κ3) is 2.91. The van der Waals surface area contributed by atoms with Gasteiger partial charge in [0.25, 0.3) is 0 Å². The first-order chi connectivity index (χ1) is 7.16. The molecule has 0 radical (unpaired) electrons. The minimum absolute atomic E-state index is 0.103. The van der Waals surface area contributed by atoms with Crippen LogP contribution < -0.4 is 5.73 Å². The van der Waals surface area contributed by atoms with Crippen molar-refractivity contribution in [2.75, 3.05) is 26.1 Å². The zero-order valence-electron chi connectivity index (χ0n) is 8.60. The number of methoxy groups -OCH3 is 1. The van der Waals surface area contributed by atoms with Crippen molar-refractivity contribution in [3.05, 3.63) is 5.69 Å². The van der Waals surface area contributed by atoms with Crippen molar-refractivity contribution < 1.29 is 18.9 Å². The van der Waals surface area contributed by atoms with E-state index in [2.05, 4.69) is 14.9 Å². The van der Waals surface area contributed by atoms with Crippen LogP contribution in [-0.2, 0) is 14.3 Å². The largest absolute Gasteiger partial charge is 0.463 e. The number of hydrogen-bond acceptors (Lipinski definition) is 7. The first-order valence-electron chi connectivity index (χ1n) is 4.40. The molecule has 0 aromatic carbocycles. The summed E-state index contributed by atoms with van der Waals surface area (Å²) in [6, 6.07) is 0. The van der Waals surface area contributed by atoms with E-state index in [4.69, 9.17) is 15.2 Å². The van der Waals surface area contributed by atoms with Gasteiger partial charge >= 0.3 is 5.97 Å². The molecule has 0 fully saturated rings. The SMILES string of the molecule is COCCOC(=O)C(C)c1nonc1N. The molecule has 0 bridgehead atoms. The Morgan fingerprint density at radius 3 is 2.80 bits per heavy atom. The lowest BCUT2D eigenvalue weighted by atomic mass is 10.1. The number of hydrogen-bond donors (Lipinski definition) is 1. The van der Waals surface area contributed by atoms with Gasteiger partial charge in [0.15, 0.2) is 5.82 Å². The Bertz CT molecular complexity index is 325. The smallest absolute Gasteiger partial charge is 0.315 e. The van der Waals surface area contributed by atoms with Gasteiger partial charge in [0.2, 0.25) is 0 Å². The van der Waals surface area contributed by atoms with E-state index in [1.165, 1.54) is 7.11 Å². The molecule has 0 spiro atoms. The maximum absolute atomic E-state index is 11.4. The highest BCUT2D eigenvalue weighted by molar-refractivity contribution is 5.78. The molecule has 0 amide bonds. The third-order valence-corrected chi connectivity index (χ3v) is 1.84. The monoisotopic (exact) mass is 215 g/mol. The average molecular weight is 215 g/mol. The van der Waals surface area contributed by atoms with Gasteiger partial charge in [0.05, 0.1) is 6.61 Å². The number of nitrogens with zero attached hydrogens (tertiary/aromatic N) is 2. The number of anilines is 1. The van der Waals surface area contributed by atoms with E-state index in [0.29, 0.717) is 6.61 Å². The van der Waals surface area contributed by atoms with Crippen molar-refractivity contribution in [2.45, 2.75) is 12.8 Å². The summed E-state index contributed by atoms with van der Waals surface area (Å²) in [5, 5.41) is 6.90. The van der Waals surface area contributed by atoms with Gasteiger partial charge in [0.1, 0.15) is 18.2 Å². The Kier molecular flexibility index (Phi) is 4.04. The third-order valence-electron chi connectivity index (χ3n) is 1.84. The van der Waals surface area contributed by atoms with Crippen LogP contribution in [0.4, 0.5) is 5.82 Å². The fourth-order valence-corrected chi connectivity index (χ4v) is 0.965. The topological polar surface area (TPSA) is 100 Å². The zero-order valence-corrected chi connectivity index (χ0v) is 8.60. The van der Waals surface area contributed by atoms with Crippen LogP contribution in [0.15, 0.2) is 4.63 Å². The molecule has 2 N–H and O–H groups in total. The molecule has 0 aliphatic heterocycles. The van der Waals surface area contributed by atoms with E-state index in [9.17, 15) is 4.79 Å². The van der Waals surface area contributed by atoms with Gasteiger partial charge < -0.3 is 15.2 Å². The van der Waals surface area contributed by atoms with Crippen molar-refractivity contribution in [3.8, 4) is 0 Å². The molecule has 0 aliphatic carbocycles. The van der Waals surface area contributed by atoms with Crippen molar-refractivity contribution in [1.82, 2.24) is 10.3 Å². The summed E-state index contributed by atoms with van der Waals surface area (Å²) < 4.78 is 14.0. The predicted molar refractivity (Wildman–Crippen MR) is 50.0 cm³/mol. The number of carbonyl (C=O) groups excluding carboxylic acids is 1. The molecular formula is C8H13N3O4. The summed E-state index contributed by atoms with van der Waals surface area (Å²) in [4.78, 5) is 11.4. The summed E-state index contributed by atoms with van der Waals surface area (Å²) in [6.07, 6.45) is 0. The normalized spacial score (nSPS) is 12.4. The summed E-state index contributed by atoms with van der Waals surface area (Å²) in [5.41, 5.74) is 5.72. The minimum atomic E-state index is -0.590. The number of aromatic nitrogens is 2. The number of nitrogens with two attached hydrogens (primary N) is 1. The molecular weight excluding hydrogens is 202 g/mol. The van der Waals surface area contributed by atoms with Crippen LogP contribution in [-0.4, -0.2) is 36.6 Å². The molecule has 1 atom stereocenters. The molecule has 7 heteroatoms. The maximum Gasteiger partial charge on any atom is 0.315 e. The van der Waals surface area contributed by atoms with Crippen LogP contribution in [0.3, 0.4) is 0 Å². The molecule has 84 valence electrons. The zero-order chi connectivity index (χ0) is 11.3. The number of esters is 1. The van der Waals surface area contributed by atoms with Gasteiger partial charge in [-0.2, -0.15) is 0 Å². The molecule has 0 saturated heterocycles. The van der Waals surface area contributed by atoms with Gasteiger partial charge in [0, 0.05) is 7.11 Å². The highest BCUT2D eigenvalue weighted by atomic mass is 16.6. The standard InChI is InChI=1S/C8H13N3O4/c1-5(6-7(9)11-15-10-6)8(12)14-4-3-13-2/h5H,3-4H2,1-2H3,(H2,9,11). The molecule has 1 rings (SSSR count). The first-order valence-corrected chi connectivity index (χ1v) is 4.40. The lowest BCUT2D eigenvalue weighted by Crippen LogP contribution is -2.17. The van der Waals surface area contributed by atoms with E-state index >= 15 is 0 Å². The second kappa shape index (κ2) is 5.30. The number of nitrogen functional groups attached to an aromatic ring is 1. The highest BCUT2D eigenvalue weighted by Crippen LogP contribution is 2.18. The molecule has 1 aromatic rings. The summed E-state index contributed by atoms with van der Waals surface area (Å²) in [6.45, 7) is 2.17. The van der Waals surface area contributed by atoms with Crippen molar-refractivity contribution in [2.24, 2.45) is 0 Å². The van der Waals surface area contributed by atoms with Crippen molar-refractivity contribution >= 4 is 11.8 Å². The van der Waals surface area contributed by atoms with Crippen LogP contribution in [0.25, 0.3) is 0 Å². The Morgan fingerprint density at radius 2 is 2.27 bits per heavy atom. The maximum atomic E-state index is 11.4. The fraction of sp³-hybridized carbons (Fsp3) is 0.625. The van der Waals surface area contributed by atoms with Gasteiger partial charge in [-0.15, -0.1) is 0 Å². The predicted octanol–water partition coefficient (Wildman–Crippen LogP) is -0.0551. The lowest BCUT2D eigenvalue weighted by molar-refractivity contribution is -0.146. The minimum Gasteiger partial charge on any atom is -0.463 e. The summed E-state index contributed by atoms with van der Waals surface area (Å²) >= 11 is 0. The molecule has 0 saturated carbocycles. The highest BCUT2D eigenvalue weighted by Gasteiger charge is 2.23. The second-order valence-electron chi connectivity index (χ2n) is 2.92. The van der Waals surface area contributed by atoms with Crippen molar-refractivity contribution in [1.29, 1.82) is 0 Å². The van der Waals surface area contributed by atoms with Crippen molar-refractivity contribution in [3.63, 3.8) is 0 Å². The Hall–Kier alpha value is -1.63. The number of rotatable bonds is 5. The van der Waals surface area contributed by atoms with E-state index in [1.54, 1.807) is 6.92 Å². The van der Waals surface area contributed by atoms with Crippen LogP contribution in [0.5, 0.6) is 0 Å². The molecule has 1 heterocycles. The van der Waals surface area contributed by atoms with E-state index in [0.717, 1.165) is 0 Å². The Balaban J connectivity index is 2.50. The van der Waals surface area contributed by atoms with E-state index < -0.39 is 11.9 Å². The van der Waals surface area contributed by atoms with Crippen LogP contribution in [0, 0.1) is 0 Å².